The van der Waals surface area contributed by atoms with Crippen molar-refractivity contribution in [1.29, 1.82) is 0 Å². The van der Waals surface area contributed by atoms with E-state index in [1.165, 1.54) is 37.7 Å². The molecule has 134 valence electrons. The molecular weight excluding hydrogens is 300 g/mol. The van der Waals surface area contributed by atoms with E-state index in [-0.39, 0.29) is 6.10 Å². The third-order valence-electron chi connectivity index (χ3n) is 5.30. The highest BCUT2D eigenvalue weighted by atomic mass is 16.5. The number of benzene rings is 1. The van der Waals surface area contributed by atoms with Crippen molar-refractivity contribution >= 4 is 0 Å². The maximum absolute atomic E-state index is 6.27. The minimum atomic E-state index is 0.209. The highest BCUT2D eigenvalue weighted by Crippen LogP contribution is 2.45. The van der Waals surface area contributed by atoms with Crippen LogP contribution in [0.25, 0.3) is 0 Å². The fourth-order valence-electron chi connectivity index (χ4n) is 3.87. The summed E-state index contributed by atoms with van der Waals surface area (Å²) in [6, 6.07) is 6.25. The standard InChI is InChI=1S/C21H32O3/c1-3-5-7-8-16-12-17-15-23-20-13-18(22-11-6-4-2)9-10-19(20)21(17)24-14-16/h9-10,13,16-17,21H,3-8,11-12,14-15H2,1-2H3/t16-,17-,21+/m0/s1. The van der Waals surface area contributed by atoms with Crippen molar-refractivity contribution in [2.45, 2.75) is 64.9 Å². The molecule has 1 fully saturated rings. The molecule has 0 aromatic heterocycles. The second-order valence-corrected chi connectivity index (χ2v) is 7.32. The topological polar surface area (TPSA) is 27.7 Å². The molecule has 24 heavy (non-hydrogen) atoms. The zero-order chi connectivity index (χ0) is 16.8. The van der Waals surface area contributed by atoms with Gasteiger partial charge in [-0.1, -0.05) is 39.5 Å². The molecule has 3 atom stereocenters. The van der Waals surface area contributed by atoms with Gasteiger partial charge in [0.15, 0.2) is 0 Å². The Bertz CT molecular complexity index is 514. The lowest BCUT2D eigenvalue weighted by atomic mass is 9.81. The highest BCUT2D eigenvalue weighted by Gasteiger charge is 2.37. The molecule has 3 nitrogen and oxygen atoms in total. The average molecular weight is 332 g/mol. The van der Waals surface area contributed by atoms with Crippen molar-refractivity contribution in [3.8, 4) is 11.5 Å². The summed E-state index contributed by atoms with van der Waals surface area (Å²) >= 11 is 0. The minimum Gasteiger partial charge on any atom is -0.493 e. The molecule has 0 unspecified atom stereocenters. The number of fused-ring (bicyclic) bond motifs is 3. The van der Waals surface area contributed by atoms with Crippen molar-refractivity contribution < 1.29 is 14.2 Å². The summed E-state index contributed by atoms with van der Waals surface area (Å²) in [6.45, 7) is 6.89. The van der Waals surface area contributed by atoms with Crippen LogP contribution in [-0.4, -0.2) is 19.8 Å². The van der Waals surface area contributed by atoms with Gasteiger partial charge in [0, 0.05) is 17.5 Å². The molecule has 3 rings (SSSR count). The first-order chi connectivity index (χ1) is 11.8. The molecule has 0 spiro atoms. The number of rotatable bonds is 8. The lowest BCUT2D eigenvalue weighted by Crippen LogP contribution is -2.35. The Morgan fingerprint density at radius 3 is 2.79 bits per heavy atom. The van der Waals surface area contributed by atoms with Crippen LogP contribution in [0.2, 0.25) is 0 Å². The quantitative estimate of drug-likeness (QED) is 0.586. The monoisotopic (exact) mass is 332 g/mol. The fraction of sp³-hybridized carbons (Fsp3) is 0.714. The largest absolute Gasteiger partial charge is 0.493 e. The Hall–Kier alpha value is -1.22. The highest BCUT2D eigenvalue weighted by molar-refractivity contribution is 5.43. The third-order valence-corrected chi connectivity index (χ3v) is 5.30. The van der Waals surface area contributed by atoms with Gasteiger partial charge in [-0.3, -0.25) is 0 Å². The smallest absolute Gasteiger partial charge is 0.128 e. The molecule has 0 bridgehead atoms. The van der Waals surface area contributed by atoms with Gasteiger partial charge in [0.1, 0.15) is 11.5 Å². The maximum Gasteiger partial charge on any atom is 0.128 e. The summed E-state index contributed by atoms with van der Waals surface area (Å²) in [5.74, 6) is 3.08. The van der Waals surface area contributed by atoms with Crippen LogP contribution in [0, 0.1) is 11.8 Å². The van der Waals surface area contributed by atoms with Crippen LogP contribution in [0.1, 0.15) is 70.5 Å². The molecular formula is C21H32O3. The average Bonchev–Trinajstić information content (AvgIpc) is 2.62. The van der Waals surface area contributed by atoms with Gasteiger partial charge in [0.2, 0.25) is 0 Å². The van der Waals surface area contributed by atoms with Crippen LogP contribution >= 0.6 is 0 Å². The molecule has 1 aromatic carbocycles. The Morgan fingerprint density at radius 2 is 1.96 bits per heavy atom. The van der Waals surface area contributed by atoms with Gasteiger partial charge in [-0.15, -0.1) is 0 Å². The number of ether oxygens (including phenoxy) is 3. The zero-order valence-electron chi connectivity index (χ0n) is 15.3. The van der Waals surface area contributed by atoms with E-state index in [2.05, 4.69) is 26.0 Å². The van der Waals surface area contributed by atoms with Crippen molar-refractivity contribution in [3.05, 3.63) is 23.8 Å². The number of unbranched alkanes of at least 4 members (excludes halogenated alkanes) is 3. The summed E-state index contributed by atoms with van der Waals surface area (Å²) in [4.78, 5) is 0. The molecule has 2 aliphatic heterocycles. The van der Waals surface area contributed by atoms with Crippen molar-refractivity contribution in [2.75, 3.05) is 19.8 Å². The minimum absolute atomic E-state index is 0.209. The van der Waals surface area contributed by atoms with Gasteiger partial charge in [0.25, 0.3) is 0 Å². The van der Waals surface area contributed by atoms with Crippen molar-refractivity contribution in [1.82, 2.24) is 0 Å². The van der Waals surface area contributed by atoms with E-state index in [1.54, 1.807) is 0 Å². The van der Waals surface area contributed by atoms with Gasteiger partial charge in [-0.2, -0.15) is 0 Å². The zero-order valence-corrected chi connectivity index (χ0v) is 15.3. The van der Waals surface area contributed by atoms with Gasteiger partial charge in [-0.25, -0.2) is 0 Å². The second-order valence-electron chi connectivity index (χ2n) is 7.32. The molecule has 0 aliphatic carbocycles. The van der Waals surface area contributed by atoms with Gasteiger partial charge >= 0.3 is 0 Å². The van der Waals surface area contributed by atoms with Crippen LogP contribution in [0.5, 0.6) is 11.5 Å². The fourth-order valence-corrected chi connectivity index (χ4v) is 3.87. The molecule has 1 aromatic rings. The van der Waals surface area contributed by atoms with Gasteiger partial charge < -0.3 is 14.2 Å². The van der Waals surface area contributed by atoms with Crippen LogP contribution in [0.3, 0.4) is 0 Å². The molecule has 0 saturated carbocycles. The summed E-state index contributed by atoms with van der Waals surface area (Å²) in [7, 11) is 0. The Kier molecular flexibility index (Phi) is 6.42. The van der Waals surface area contributed by atoms with Crippen molar-refractivity contribution in [2.24, 2.45) is 11.8 Å². The first kappa shape index (κ1) is 17.6. The molecule has 0 radical (unpaired) electrons. The lowest BCUT2D eigenvalue weighted by molar-refractivity contribution is -0.0836. The van der Waals surface area contributed by atoms with E-state index in [0.29, 0.717) is 11.8 Å². The van der Waals surface area contributed by atoms with Crippen LogP contribution in [0.4, 0.5) is 0 Å². The number of hydrogen-bond donors (Lipinski definition) is 0. The molecule has 1 saturated heterocycles. The van der Waals surface area contributed by atoms with Gasteiger partial charge in [-0.05, 0) is 37.3 Å². The first-order valence-electron chi connectivity index (χ1n) is 9.83. The molecule has 0 amide bonds. The van der Waals surface area contributed by atoms with Crippen LogP contribution < -0.4 is 9.47 Å². The summed E-state index contributed by atoms with van der Waals surface area (Å²) in [6.07, 6.45) is 8.95. The van der Waals surface area contributed by atoms with Gasteiger partial charge in [0.05, 0.1) is 25.9 Å². The maximum atomic E-state index is 6.27. The van der Waals surface area contributed by atoms with E-state index in [4.69, 9.17) is 14.2 Å². The SMILES string of the molecule is CCCCC[C@@H]1CO[C@H]2c3ccc(OCCCC)cc3OC[C@@H]2C1. The third kappa shape index (κ3) is 4.24. The summed E-state index contributed by atoms with van der Waals surface area (Å²) < 4.78 is 18.1. The van der Waals surface area contributed by atoms with E-state index in [0.717, 1.165) is 44.2 Å². The van der Waals surface area contributed by atoms with E-state index in [1.807, 2.05) is 6.07 Å². The molecule has 2 aliphatic rings. The summed E-state index contributed by atoms with van der Waals surface area (Å²) in [5, 5.41) is 0. The summed E-state index contributed by atoms with van der Waals surface area (Å²) in [5.41, 5.74) is 1.21. The lowest BCUT2D eigenvalue weighted by Gasteiger charge is -2.40. The van der Waals surface area contributed by atoms with Crippen LogP contribution in [0.15, 0.2) is 18.2 Å². The van der Waals surface area contributed by atoms with Crippen LogP contribution in [-0.2, 0) is 4.74 Å². The second kappa shape index (κ2) is 8.75. The van der Waals surface area contributed by atoms with E-state index < -0.39 is 0 Å². The Labute approximate surface area is 146 Å². The molecule has 0 N–H and O–H groups in total. The normalized spacial score (nSPS) is 25.5. The Morgan fingerprint density at radius 1 is 1.08 bits per heavy atom. The predicted molar refractivity (Wildman–Crippen MR) is 96.8 cm³/mol. The van der Waals surface area contributed by atoms with E-state index >= 15 is 0 Å². The molecule has 2 heterocycles. The van der Waals surface area contributed by atoms with E-state index in [9.17, 15) is 0 Å². The number of hydrogen-bond acceptors (Lipinski definition) is 3. The molecule has 3 heteroatoms. The predicted octanol–water partition coefficient (Wildman–Crippen LogP) is 5.53. The first-order valence-corrected chi connectivity index (χ1v) is 9.83. The Balaban J connectivity index is 1.59. The van der Waals surface area contributed by atoms with Crippen molar-refractivity contribution in [3.63, 3.8) is 0 Å².